The molecule has 8 nitrogen and oxygen atoms in total. The summed E-state index contributed by atoms with van der Waals surface area (Å²) in [4.78, 5) is 16.6. The third-order valence-corrected chi connectivity index (χ3v) is 8.42. The zero-order valence-corrected chi connectivity index (χ0v) is 19.3. The van der Waals surface area contributed by atoms with E-state index in [-0.39, 0.29) is 23.4 Å². The number of primary amides is 1. The highest BCUT2D eigenvalue weighted by Gasteiger charge is 2.69. The van der Waals surface area contributed by atoms with Gasteiger partial charge in [0, 0.05) is 18.5 Å². The molecule has 0 radical (unpaired) electrons. The molecule has 2 aliphatic rings. The Balaban J connectivity index is 1.63. The molecular formula is C23H29N3O5S. The Hall–Kier alpha value is -2.65. The average Bonchev–Trinajstić information content (AvgIpc) is 3.64. The highest BCUT2D eigenvalue weighted by Crippen LogP contribution is 2.54. The van der Waals surface area contributed by atoms with E-state index in [9.17, 15) is 18.3 Å². The molecule has 0 spiro atoms. The van der Waals surface area contributed by atoms with Crippen LogP contribution in [0.5, 0.6) is 5.75 Å². The number of amides is 1. The van der Waals surface area contributed by atoms with Crippen molar-refractivity contribution in [1.82, 2.24) is 4.98 Å². The lowest BCUT2D eigenvalue weighted by molar-refractivity contribution is -0.126. The summed E-state index contributed by atoms with van der Waals surface area (Å²) < 4.78 is 32.8. The molecule has 2 saturated carbocycles. The van der Waals surface area contributed by atoms with Crippen LogP contribution in [0.3, 0.4) is 0 Å². The molecule has 3 atom stereocenters. The molecule has 1 aromatic carbocycles. The number of nitrogens with two attached hydrogens (primary N) is 1. The molecule has 2 aliphatic carbocycles. The van der Waals surface area contributed by atoms with E-state index in [1.54, 1.807) is 19.1 Å². The van der Waals surface area contributed by atoms with Crippen LogP contribution in [0.4, 0.5) is 5.82 Å². The summed E-state index contributed by atoms with van der Waals surface area (Å²) in [6, 6.07) is 10.4. The van der Waals surface area contributed by atoms with Gasteiger partial charge >= 0.3 is 0 Å². The molecule has 32 heavy (non-hydrogen) atoms. The van der Waals surface area contributed by atoms with Crippen LogP contribution < -0.4 is 15.8 Å². The average molecular weight is 460 g/mol. The maximum atomic E-state index is 13.3. The summed E-state index contributed by atoms with van der Waals surface area (Å²) >= 11 is 0. The maximum Gasteiger partial charge on any atom is 0.263 e. The van der Waals surface area contributed by atoms with Crippen LogP contribution >= 0.6 is 0 Å². The fourth-order valence-electron chi connectivity index (χ4n) is 3.93. The fourth-order valence-corrected chi connectivity index (χ4v) is 5.85. The van der Waals surface area contributed by atoms with Crippen molar-refractivity contribution in [3.8, 4) is 5.75 Å². The summed E-state index contributed by atoms with van der Waals surface area (Å²) in [5, 5.41) is 11.0. The van der Waals surface area contributed by atoms with Crippen LogP contribution in [0.25, 0.3) is 0 Å². The molecule has 172 valence electrons. The fraction of sp³-hybridized carbons (Fsp3) is 0.478. The van der Waals surface area contributed by atoms with E-state index in [4.69, 9.17) is 10.5 Å². The van der Waals surface area contributed by atoms with Crippen LogP contribution in [0.15, 0.2) is 41.4 Å². The molecule has 0 aliphatic heterocycles. The van der Waals surface area contributed by atoms with Crippen LogP contribution in [-0.4, -0.2) is 47.9 Å². The predicted octanol–water partition coefficient (Wildman–Crippen LogP) is 2.08. The van der Waals surface area contributed by atoms with E-state index < -0.39 is 32.7 Å². The van der Waals surface area contributed by atoms with E-state index in [2.05, 4.69) is 17.2 Å². The summed E-state index contributed by atoms with van der Waals surface area (Å²) in [5.41, 5.74) is 5.94. The monoisotopic (exact) mass is 459 g/mol. The van der Waals surface area contributed by atoms with E-state index in [0.29, 0.717) is 11.6 Å². The molecule has 2 aromatic rings. The van der Waals surface area contributed by atoms with Crippen LogP contribution in [0, 0.1) is 6.92 Å². The number of sulfone groups is 1. The van der Waals surface area contributed by atoms with Crippen LogP contribution in [0.2, 0.25) is 0 Å². The van der Waals surface area contributed by atoms with Gasteiger partial charge in [0.2, 0.25) is 15.4 Å². The molecule has 1 heterocycles. The quantitative estimate of drug-likeness (QED) is 0.523. The molecule has 1 amide bonds. The number of anilines is 1. The lowest BCUT2D eigenvalue weighted by Crippen LogP contribution is -2.41. The van der Waals surface area contributed by atoms with Crippen molar-refractivity contribution in [2.75, 3.05) is 11.9 Å². The summed E-state index contributed by atoms with van der Waals surface area (Å²) in [7, 11) is -3.98. The zero-order chi connectivity index (χ0) is 23.3. The summed E-state index contributed by atoms with van der Waals surface area (Å²) in [6.45, 7) is 5.87. The molecular weight excluding hydrogens is 430 g/mol. The molecule has 9 heteroatoms. The number of benzene rings is 1. The number of aliphatic hydroxyl groups is 1. The van der Waals surface area contributed by atoms with Crippen LogP contribution in [0.1, 0.15) is 44.2 Å². The minimum absolute atomic E-state index is 0.0260. The van der Waals surface area contributed by atoms with Crippen LogP contribution in [-0.2, 0) is 20.0 Å². The second-order valence-corrected chi connectivity index (χ2v) is 11.3. The Morgan fingerprint density at radius 3 is 2.69 bits per heavy atom. The molecule has 2 fully saturated rings. The summed E-state index contributed by atoms with van der Waals surface area (Å²) in [6.07, 6.45) is 1.37. The normalized spacial score (nSPS) is 24.4. The van der Waals surface area contributed by atoms with Crippen molar-refractivity contribution in [3.63, 3.8) is 0 Å². The molecule has 4 N–H and O–H groups in total. The summed E-state index contributed by atoms with van der Waals surface area (Å²) in [5.74, 6) is 0.0329. The zero-order valence-electron chi connectivity index (χ0n) is 18.5. The maximum absolute atomic E-state index is 13.3. The van der Waals surface area contributed by atoms with Gasteiger partial charge in [0.1, 0.15) is 16.8 Å². The van der Waals surface area contributed by atoms with Gasteiger partial charge < -0.3 is 20.9 Å². The second-order valence-electron chi connectivity index (χ2n) is 9.24. The number of rotatable bonds is 9. The van der Waals surface area contributed by atoms with Gasteiger partial charge in [0.15, 0.2) is 5.03 Å². The minimum atomic E-state index is -3.98. The number of pyridine rings is 1. The van der Waals surface area contributed by atoms with Crippen molar-refractivity contribution < 1.29 is 23.1 Å². The van der Waals surface area contributed by atoms with Crippen molar-refractivity contribution in [3.05, 3.63) is 47.5 Å². The molecule has 1 aromatic heterocycles. The number of carbonyl (C=O) groups is 1. The van der Waals surface area contributed by atoms with E-state index >= 15 is 0 Å². The van der Waals surface area contributed by atoms with Gasteiger partial charge in [-0.25, -0.2) is 13.4 Å². The van der Waals surface area contributed by atoms with Crippen molar-refractivity contribution in [2.45, 2.75) is 67.4 Å². The smallest absolute Gasteiger partial charge is 0.263 e. The molecule has 4 rings (SSSR count). The van der Waals surface area contributed by atoms with Gasteiger partial charge in [-0.15, -0.1) is 0 Å². The SMILES string of the molecule is Cc1ccc(C2(C)CC2)c(OC2(C(N)=O)CC2S(=O)(=O)c2cccc(NCC(C)O)n2)c1. The Morgan fingerprint density at radius 1 is 1.34 bits per heavy atom. The second kappa shape index (κ2) is 7.74. The first-order valence-electron chi connectivity index (χ1n) is 10.7. The van der Waals surface area contributed by atoms with E-state index in [1.807, 2.05) is 25.1 Å². The number of hydrogen-bond acceptors (Lipinski definition) is 7. The first-order valence-corrected chi connectivity index (χ1v) is 12.3. The third-order valence-electron chi connectivity index (χ3n) is 6.31. The number of carbonyl (C=O) groups excluding carboxylic acids is 1. The Labute approximate surface area is 188 Å². The highest BCUT2D eigenvalue weighted by atomic mass is 32.2. The first-order chi connectivity index (χ1) is 15.0. The number of aliphatic hydroxyl groups excluding tert-OH is 1. The first kappa shape index (κ1) is 22.5. The molecule has 0 bridgehead atoms. The largest absolute Gasteiger partial charge is 0.476 e. The van der Waals surface area contributed by atoms with Crippen molar-refractivity contribution >= 4 is 21.6 Å². The Kier molecular flexibility index (Phi) is 5.45. The topological polar surface area (TPSA) is 132 Å². The number of hydrogen-bond donors (Lipinski definition) is 3. The number of nitrogens with one attached hydrogen (secondary N) is 1. The van der Waals surface area contributed by atoms with Gasteiger partial charge in [0.05, 0.1) is 6.10 Å². The van der Waals surface area contributed by atoms with Gasteiger partial charge in [-0.3, -0.25) is 4.79 Å². The number of nitrogens with zero attached hydrogens (tertiary/aromatic N) is 1. The van der Waals surface area contributed by atoms with Crippen molar-refractivity contribution in [2.24, 2.45) is 5.73 Å². The van der Waals surface area contributed by atoms with Gasteiger partial charge in [0.25, 0.3) is 5.91 Å². The van der Waals surface area contributed by atoms with Crippen molar-refractivity contribution in [1.29, 1.82) is 0 Å². The number of aromatic nitrogens is 1. The Bertz CT molecular complexity index is 1160. The number of ether oxygens (including phenoxy) is 1. The lowest BCUT2D eigenvalue weighted by atomic mass is 9.96. The van der Waals surface area contributed by atoms with E-state index in [0.717, 1.165) is 24.0 Å². The van der Waals surface area contributed by atoms with E-state index in [1.165, 1.54) is 6.07 Å². The standard InChI is InChI=1S/C23H29N3O5S/c1-14-7-8-16(22(3)9-10-22)17(11-14)31-23(21(24)28)12-18(23)32(29,30)20-6-4-5-19(26-20)25-13-15(2)27/h4-8,11,15,18,27H,9-10,12-13H2,1-3H3,(H2,24,28)(H,25,26). The molecule has 0 saturated heterocycles. The van der Waals surface area contributed by atoms with Gasteiger partial charge in [-0.1, -0.05) is 25.1 Å². The molecule has 3 unspecified atom stereocenters. The number of aryl methyl sites for hydroxylation is 1. The van der Waals surface area contributed by atoms with Gasteiger partial charge in [-0.05, 0) is 55.9 Å². The predicted molar refractivity (Wildman–Crippen MR) is 120 cm³/mol. The van der Waals surface area contributed by atoms with Gasteiger partial charge in [-0.2, -0.15) is 0 Å². The lowest BCUT2D eigenvalue weighted by Gasteiger charge is -2.22. The minimum Gasteiger partial charge on any atom is -0.476 e. The highest BCUT2D eigenvalue weighted by molar-refractivity contribution is 7.92. The Morgan fingerprint density at radius 2 is 2.06 bits per heavy atom. The third kappa shape index (κ3) is 4.06.